The second-order valence-corrected chi connectivity index (χ2v) is 9.50. The highest BCUT2D eigenvalue weighted by Gasteiger charge is 2.34. The summed E-state index contributed by atoms with van der Waals surface area (Å²) in [7, 11) is 0. The number of hydrogen-bond acceptors (Lipinski definition) is 5. The van der Waals surface area contributed by atoms with Crippen molar-refractivity contribution >= 4 is 23.4 Å². The van der Waals surface area contributed by atoms with Gasteiger partial charge in [0.15, 0.2) is 0 Å². The van der Waals surface area contributed by atoms with E-state index in [0.29, 0.717) is 42.7 Å². The Morgan fingerprint density at radius 1 is 0.667 bits per heavy atom. The van der Waals surface area contributed by atoms with Gasteiger partial charge in [0.1, 0.15) is 0 Å². The molecule has 1 aliphatic rings. The van der Waals surface area contributed by atoms with Gasteiger partial charge < -0.3 is 0 Å². The third-order valence-corrected chi connectivity index (χ3v) is 6.70. The van der Waals surface area contributed by atoms with Gasteiger partial charge in [0.2, 0.25) is 0 Å². The van der Waals surface area contributed by atoms with E-state index in [1.54, 1.807) is 24.3 Å². The van der Waals surface area contributed by atoms with E-state index in [1.807, 2.05) is 72.8 Å². The molecule has 0 aromatic heterocycles. The first-order valence-electron chi connectivity index (χ1n) is 13.0. The lowest BCUT2D eigenvalue weighted by Gasteiger charge is -2.24. The van der Waals surface area contributed by atoms with E-state index in [4.69, 9.17) is 0 Å². The third-order valence-electron chi connectivity index (χ3n) is 6.70. The van der Waals surface area contributed by atoms with E-state index in [0.717, 1.165) is 17.8 Å². The topological polar surface area (TPSA) is 81.8 Å². The smallest absolute Gasteiger partial charge is 0.269 e. The van der Waals surface area contributed by atoms with Crippen LogP contribution in [0.1, 0.15) is 48.6 Å². The number of carbonyl (C=O) groups is 3. The van der Waals surface area contributed by atoms with E-state index in [2.05, 4.69) is 27.9 Å². The number of fused-ring (bicyclic) bond motifs is 1. The zero-order valence-electron chi connectivity index (χ0n) is 21.5. The van der Waals surface area contributed by atoms with Gasteiger partial charge in [-0.1, -0.05) is 72.8 Å². The lowest BCUT2D eigenvalue weighted by Crippen LogP contribution is -2.33. The molecule has 1 heterocycles. The molecule has 3 amide bonds. The predicted molar refractivity (Wildman–Crippen MR) is 151 cm³/mol. The molecule has 7 heteroatoms. The fourth-order valence-electron chi connectivity index (χ4n) is 4.69. The summed E-state index contributed by atoms with van der Waals surface area (Å²) in [5.41, 5.74) is 10.2. The molecular formula is C32H30N4O3. The van der Waals surface area contributed by atoms with Gasteiger partial charge in [-0.2, -0.15) is 0 Å². The molecule has 1 aliphatic heterocycles. The number of para-hydroxylation sites is 1. The van der Waals surface area contributed by atoms with Crippen LogP contribution in [0.15, 0.2) is 109 Å². The average molecular weight is 519 g/mol. The second-order valence-electron chi connectivity index (χ2n) is 9.50. The molecule has 0 bridgehead atoms. The SMILES string of the molecule is O=C(NNc1ccccc1)c1ccc(CN(CCCN2C(=O)c3ccccc3C2=O)Cc2ccccc2)cc1. The number of hydrazine groups is 1. The first-order chi connectivity index (χ1) is 19.1. The van der Waals surface area contributed by atoms with Gasteiger partial charge in [-0.25, -0.2) is 0 Å². The van der Waals surface area contributed by atoms with Crippen molar-refractivity contribution in [3.05, 3.63) is 137 Å². The highest BCUT2D eigenvalue weighted by Crippen LogP contribution is 2.23. The van der Waals surface area contributed by atoms with Crippen LogP contribution in [0.4, 0.5) is 5.69 Å². The van der Waals surface area contributed by atoms with Crippen molar-refractivity contribution in [3.63, 3.8) is 0 Å². The molecule has 7 nitrogen and oxygen atoms in total. The molecule has 39 heavy (non-hydrogen) atoms. The summed E-state index contributed by atoms with van der Waals surface area (Å²) in [6.45, 7) is 2.46. The monoisotopic (exact) mass is 518 g/mol. The Labute approximate surface area is 228 Å². The third kappa shape index (κ3) is 6.40. The first kappa shape index (κ1) is 25.9. The molecule has 0 radical (unpaired) electrons. The fraction of sp³-hybridized carbons (Fsp3) is 0.156. The minimum absolute atomic E-state index is 0.215. The Hall–Kier alpha value is -4.75. The number of anilines is 1. The largest absolute Gasteiger partial charge is 0.298 e. The maximum Gasteiger partial charge on any atom is 0.269 e. The summed E-state index contributed by atoms with van der Waals surface area (Å²) in [4.78, 5) is 41.7. The van der Waals surface area contributed by atoms with Gasteiger partial charge in [-0.05, 0) is 53.9 Å². The Kier molecular flexibility index (Phi) is 8.09. The number of carbonyl (C=O) groups excluding carboxylic acids is 3. The van der Waals surface area contributed by atoms with E-state index >= 15 is 0 Å². The van der Waals surface area contributed by atoms with Crippen molar-refractivity contribution in [3.8, 4) is 0 Å². The molecule has 0 saturated carbocycles. The Morgan fingerprint density at radius 2 is 1.21 bits per heavy atom. The lowest BCUT2D eigenvalue weighted by atomic mass is 10.1. The number of amides is 3. The maximum absolute atomic E-state index is 12.7. The highest BCUT2D eigenvalue weighted by atomic mass is 16.2. The molecular weight excluding hydrogens is 488 g/mol. The summed E-state index contributed by atoms with van der Waals surface area (Å²) in [5.74, 6) is -0.658. The highest BCUT2D eigenvalue weighted by molar-refractivity contribution is 6.21. The molecule has 0 fully saturated rings. The van der Waals surface area contributed by atoms with Crippen molar-refractivity contribution in [2.24, 2.45) is 0 Å². The first-order valence-corrected chi connectivity index (χ1v) is 13.0. The zero-order chi connectivity index (χ0) is 27.0. The summed E-state index contributed by atoms with van der Waals surface area (Å²) in [6.07, 6.45) is 0.657. The molecule has 0 saturated heterocycles. The molecule has 5 rings (SSSR count). The number of nitrogens with one attached hydrogen (secondary N) is 2. The van der Waals surface area contributed by atoms with Gasteiger partial charge in [0, 0.05) is 31.7 Å². The molecule has 4 aromatic rings. The molecule has 0 aliphatic carbocycles. The van der Waals surface area contributed by atoms with Crippen molar-refractivity contribution in [2.75, 3.05) is 18.5 Å². The minimum Gasteiger partial charge on any atom is -0.298 e. The van der Waals surface area contributed by atoms with Crippen LogP contribution < -0.4 is 10.9 Å². The zero-order valence-corrected chi connectivity index (χ0v) is 21.5. The van der Waals surface area contributed by atoms with Crippen molar-refractivity contribution in [1.29, 1.82) is 0 Å². The van der Waals surface area contributed by atoms with Crippen LogP contribution >= 0.6 is 0 Å². The molecule has 0 unspecified atom stereocenters. The molecule has 0 atom stereocenters. The molecule has 196 valence electrons. The van der Waals surface area contributed by atoms with Gasteiger partial charge in [0.25, 0.3) is 17.7 Å². The summed E-state index contributed by atoms with van der Waals surface area (Å²) < 4.78 is 0. The van der Waals surface area contributed by atoms with Gasteiger partial charge >= 0.3 is 0 Å². The molecule has 2 N–H and O–H groups in total. The Balaban J connectivity index is 1.20. The number of nitrogens with zero attached hydrogens (tertiary/aromatic N) is 2. The Bertz CT molecular complexity index is 1400. The maximum atomic E-state index is 12.7. The second kappa shape index (κ2) is 12.2. The Morgan fingerprint density at radius 3 is 1.82 bits per heavy atom. The summed E-state index contributed by atoms with van der Waals surface area (Å²) >= 11 is 0. The van der Waals surface area contributed by atoms with E-state index < -0.39 is 0 Å². The van der Waals surface area contributed by atoms with Crippen LogP contribution in [0.25, 0.3) is 0 Å². The minimum atomic E-state index is -0.221. The van der Waals surface area contributed by atoms with Crippen LogP contribution in [0.2, 0.25) is 0 Å². The number of imide groups is 1. The van der Waals surface area contributed by atoms with E-state index in [1.165, 1.54) is 10.5 Å². The molecule has 4 aromatic carbocycles. The van der Waals surface area contributed by atoms with Crippen molar-refractivity contribution in [1.82, 2.24) is 15.2 Å². The van der Waals surface area contributed by atoms with Gasteiger partial charge in [-0.3, -0.25) is 35.0 Å². The van der Waals surface area contributed by atoms with Crippen LogP contribution in [0, 0.1) is 0 Å². The van der Waals surface area contributed by atoms with Crippen LogP contribution in [0.3, 0.4) is 0 Å². The summed E-state index contributed by atoms with van der Waals surface area (Å²) in [5, 5.41) is 0. The van der Waals surface area contributed by atoms with E-state index in [9.17, 15) is 14.4 Å². The molecule has 0 spiro atoms. The van der Waals surface area contributed by atoms with Crippen molar-refractivity contribution < 1.29 is 14.4 Å². The van der Waals surface area contributed by atoms with Crippen LogP contribution in [-0.4, -0.2) is 40.6 Å². The van der Waals surface area contributed by atoms with Crippen molar-refractivity contribution in [2.45, 2.75) is 19.5 Å². The fourth-order valence-corrected chi connectivity index (χ4v) is 4.69. The quantitative estimate of drug-likeness (QED) is 0.213. The van der Waals surface area contributed by atoms with Crippen LogP contribution in [0.5, 0.6) is 0 Å². The number of rotatable bonds is 11. The predicted octanol–water partition coefficient (Wildman–Crippen LogP) is 5.13. The summed E-state index contributed by atoms with van der Waals surface area (Å²) in [6, 6.07) is 34.2. The number of hydrogen-bond donors (Lipinski definition) is 2. The average Bonchev–Trinajstić information content (AvgIpc) is 3.22. The van der Waals surface area contributed by atoms with Gasteiger partial charge in [-0.15, -0.1) is 0 Å². The lowest BCUT2D eigenvalue weighted by molar-refractivity contribution is 0.0645. The van der Waals surface area contributed by atoms with Gasteiger partial charge in [0.05, 0.1) is 16.8 Å². The standard InChI is InChI=1S/C32H30N4O3/c37-30(34-33-27-12-5-2-6-13-27)26-18-16-25(17-19-26)23-35(22-24-10-3-1-4-11-24)20-9-21-36-31(38)28-14-7-8-15-29(28)32(36)39/h1-8,10-19,33H,9,20-23H2,(H,34,37). The normalized spacial score (nSPS) is 12.5. The van der Waals surface area contributed by atoms with E-state index in [-0.39, 0.29) is 17.7 Å². The van der Waals surface area contributed by atoms with Crippen LogP contribution in [-0.2, 0) is 13.1 Å². The number of benzene rings is 4.